The van der Waals surface area contributed by atoms with Gasteiger partial charge in [-0.1, -0.05) is 43.2 Å². The van der Waals surface area contributed by atoms with Gasteiger partial charge >= 0.3 is 5.97 Å². The number of carboxylic acids is 1. The number of carbonyl (C=O) groups excluding carboxylic acids is 1. The molecule has 0 spiro atoms. The molecule has 0 saturated heterocycles. The van der Waals surface area contributed by atoms with Crippen molar-refractivity contribution in [3.8, 4) is 5.69 Å². The van der Waals surface area contributed by atoms with Gasteiger partial charge < -0.3 is 10.4 Å². The second kappa shape index (κ2) is 7.94. The molecule has 0 fully saturated rings. The molecule has 1 aromatic carbocycles. The van der Waals surface area contributed by atoms with Crippen molar-refractivity contribution in [3.05, 3.63) is 47.9 Å². The molecule has 27 heavy (non-hydrogen) atoms. The Kier molecular flexibility index (Phi) is 5.44. The van der Waals surface area contributed by atoms with Gasteiger partial charge in [-0.25, -0.2) is 9.48 Å². The minimum absolute atomic E-state index is 0.102. The second-order valence-corrected chi connectivity index (χ2v) is 6.29. The number of fused-ring (bicyclic) bond motifs is 1. The van der Waals surface area contributed by atoms with Crippen LogP contribution >= 0.6 is 0 Å². The van der Waals surface area contributed by atoms with Gasteiger partial charge in [-0.3, -0.25) is 9.78 Å². The summed E-state index contributed by atoms with van der Waals surface area (Å²) in [4.78, 5) is 28.3. The van der Waals surface area contributed by atoms with Gasteiger partial charge in [-0.2, -0.15) is 0 Å². The smallest absolute Gasteiger partial charge is 0.326 e. The fourth-order valence-electron chi connectivity index (χ4n) is 2.92. The summed E-state index contributed by atoms with van der Waals surface area (Å²) in [7, 11) is 0. The van der Waals surface area contributed by atoms with Crippen LogP contribution in [0.25, 0.3) is 16.6 Å². The van der Waals surface area contributed by atoms with E-state index < -0.39 is 17.9 Å². The second-order valence-electron chi connectivity index (χ2n) is 6.29. The molecule has 2 heterocycles. The number of hydrogen-bond acceptors (Lipinski definition) is 5. The van der Waals surface area contributed by atoms with Gasteiger partial charge in [0.15, 0.2) is 5.69 Å². The van der Waals surface area contributed by atoms with E-state index in [4.69, 9.17) is 0 Å². The molecule has 0 aliphatic rings. The fourth-order valence-corrected chi connectivity index (χ4v) is 2.92. The average Bonchev–Trinajstić information content (AvgIpc) is 3.05. The molecular weight excluding hydrogens is 346 g/mol. The van der Waals surface area contributed by atoms with Crippen molar-refractivity contribution in [1.82, 2.24) is 25.3 Å². The van der Waals surface area contributed by atoms with Gasteiger partial charge in [0, 0.05) is 11.6 Å². The zero-order valence-corrected chi connectivity index (χ0v) is 15.2. The van der Waals surface area contributed by atoms with Gasteiger partial charge in [-0.05, 0) is 25.5 Å². The third kappa shape index (κ3) is 3.79. The molecule has 2 aromatic heterocycles. The lowest BCUT2D eigenvalue weighted by atomic mass is 10.1. The van der Waals surface area contributed by atoms with Crippen LogP contribution < -0.4 is 5.32 Å². The molecular formula is C19H21N5O3. The normalized spacial score (nSPS) is 12.1. The van der Waals surface area contributed by atoms with E-state index in [1.165, 1.54) is 0 Å². The third-order valence-corrected chi connectivity index (χ3v) is 4.40. The number of hydrogen-bond donors (Lipinski definition) is 2. The highest BCUT2D eigenvalue weighted by atomic mass is 16.4. The summed E-state index contributed by atoms with van der Waals surface area (Å²) in [5.74, 6) is -1.60. The highest BCUT2D eigenvalue weighted by Crippen LogP contribution is 2.21. The van der Waals surface area contributed by atoms with Crippen LogP contribution in [0.3, 0.4) is 0 Å². The van der Waals surface area contributed by atoms with Crippen molar-refractivity contribution in [1.29, 1.82) is 0 Å². The number of nitrogens with one attached hydrogen (secondary N) is 1. The maximum Gasteiger partial charge on any atom is 0.326 e. The van der Waals surface area contributed by atoms with Crippen LogP contribution in [-0.2, 0) is 4.79 Å². The number of nitrogens with zero attached hydrogens (tertiary/aromatic N) is 4. The number of carboxylic acid groups (broad SMARTS) is 1. The highest BCUT2D eigenvalue weighted by Gasteiger charge is 2.24. The minimum Gasteiger partial charge on any atom is -0.480 e. The van der Waals surface area contributed by atoms with E-state index in [0.717, 1.165) is 17.3 Å². The number of carbonyl (C=O) groups is 2. The number of benzene rings is 1. The van der Waals surface area contributed by atoms with Crippen LogP contribution in [0.5, 0.6) is 0 Å². The lowest BCUT2D eigenvalue weighted by molar-refractivity contribution is -0.139. The molecule has 0 aliphatic carbocycles. The van der Waals surface area contributed by atoms with Crippen molar-refractivity contribution in [3.63, 3.8) is 0 Å². The molecule has 0 unspecified atom stereocenters. The van der Waals surface area contributed by atoms with Crippen LogP contribution in [0, 0.1) is 6.92 Å². The predicted molar refractivity (Wildman–Crippen MR) is 99.8 cm³/mol. The van der Waals surface area contributed by atoms with Crippen LogP contribution in [0.15, 0.2) is 36.5 Å². The summed E-state index contributed by atoms with van der Waals surface area (Å²) in [5, 5.41) is 20.9. The first-order chi connectivity index (χ1) is 13.0. The number of unbranched alkanes of at least 4 members (excludes halogenated alkanes) is 1. The molecule has 0 saturated carbocycles. The fraction of sp³-hybridized carbons (Fsp3) is 0.316. The lowest BCUT2D eigenvalue weighted by Gasteiger charge is -2.13. The van der Waals surface area contributed by atoms with E-state index in [-0.39, 0.29) is 5.69 Å². The standard InChI is InChI=1S/C19H21N5O3/c1-3-4-9-14(19(26)27)21-18(25)16-12(2)24(23-22-16)15-10-5-7-13-8-6-11-20-17(13)15/h5-8,10-11,14H,3-4,9H2,1-2H3,(H,21,25)(H,26,27)/t14-/m0/s1. The Morgan fingerprint density at radius 3 is 2.78 bits per heavy atom. The van der Waals surface area contributed by atoms with Gasteiger partial charge in [0.1, 0.15) is 6.04 Å². The monoisotopic (exact) mass is 367 g/mol. The number of pyridine rings is 1. The molecule has 8 nitrogen and oxygen atoms in total. The molecule has 3 rings (SSSR count). The third-order valence-electron chi connectivity index (χ3n) is 4.40. The first-order valence-corrected chi connectivity index (χ1v) is 8.83. The van der Waals surface area contributed by atoms with E-state index >= 15 is 0 Å². The summed E-state index contributed by atoms with van der Waals surface area (Å²) >= 11 is 0. The molecule has 3 aromatic rings. The van der Waals surface area contributed by atoms with Crippen LogP contribution in [0.1, 0.15) is 42.4 Å². The first kappa shape index (κ1) is 18.5. The Morgan fingerprint density at radius 1 is 1.26 bits per heavy atom. The van der Waals surface area contributed by atoms with Crippen LogP contribution in [-0.4, -0.2) is 43.0 Å². The van der Waals surface area contributed by atoms with E-state index in [0.29, 0.717) is 24.2 Å². The molecule has 0 aliphatic heterocycles. The number of amides is 1. The van der Waals surface area contributed by atoms with Crippen molar-refractivity contribution in [2.24, 2.45) is 0 Å². The minimum atomic E-state index is -1.06. The van der Waals surface area contributed by atoms with Gasteiger partial charge in [0.25, 0.3) is 5.91 Å². The summed E-state index contributed by atoms with van der Waals surface area (Å²) in [6.07, 6.45) is 3.63. The van der Waals surface area contributed by atoms with Gasteiger partial charge in [0.2, 0.25) is 0 Å². The quantitative estimate of drug-likeness (QED) is 0.664. The Labute approximate surface area is 156 Å². The van der Waals surface area contributed by atoms with Crippen LogP contribution in [0.4, 0.5) is 0 Å². The maximum absolute atomic E-state index is 12.5. The summed E-state index contributed by atoms with van der Waals surface area (Å²) < 4.78 is 1.55. The Balaban J connectivity index is 1.90. The molecule has 1 atom stereocenters. The lowest BCUT2D eigenvalue weighted by Crippen LogP contribution is -2.41. The zero-order valence-electron chi connectivity index (χ0n) is 15.2. The Bertz CT molecular complexity index is 977. The largest absolute Gasteiger partial charge is 0.480 e. The SMILES string of the molecule is CCCC[C@H](NC(=O)c1nnn(-c2cccc3cccnc23)c1C)C(=O)O. The maximum atomic E-state index is 12.5. The predicted octanol–water partition coefficient (Wildman–Crippen LogP) is 2.50. The topological polar surface area (TPSA) is 110 Å². The number of aromatic nitrogens is 4. The Morgan fingerprint density at radius 2 is 2.04 bits per heavy atom. The number of aliphatic carboxylic acids is 1. The van der Waals surface area contributed by atoms with Crippen molar-refractivity contribution in [2.45, 2.75) is 39.2 Å². The molecule has 140 valence electrons. The first-order valence-electron chi connectivity index (χ1n) is 8.83. The van der Waals surface area contributed by atoms with Crippen molar-refractivity contribution >= 4 is 22.8 Å². The number of rotatable bonds is 7. The molecule has 0 radical (unpaired) electrons. The van der Waals surface area contributed by atoms with E-state index in [9.17, 15) is 14.7 Å². The number of para-hydroxylation sites is 1. The van der Waals surface area contributed by atoms with Gasteiger partial charge in [-0.15, -0.1) is 5.10 Å². The van der Waals surface area contributed by atoms with E-state index in [1.807, 2.05) is 37.3 Å². The van der Waals surface area contributed by atoms with Gasteiger partial charge in [0.05, 0.1) is 16.9 Å². The van der Waals surface area contributed by atoms with Crippen molar-refractivity contribution in [2.75, 3.05) is 0 Å². The Hall–Kier alpha value is -3.29. The van der Waals surface area contributed by atoms with Crippen LogP contribution in [0.2, 0.25) is 0 Å². The molecule has 8 heteroatoms. The summed E-state index contributed by atoms with van der Waals surface area (Å²) in [5.41, 5.74) is 2.07. The van der Waals surface area contributed by atoms with E-state index in [1.54, 1.807) is 17.8 Å². The van der Waals surface area contributed by atoms with Crippen molar-refractivity contribution < 1.29 is 14.7 Å². The summed E-state index contributed by atoms with van der Waals surface area (Å²) in [6.45, 7) is 3.69. The zero-order chi connectivity index (χ0) is 19.4. The molecule has 2 N–H and O–H groups in total. The van der Waals surface area contributed by atoms with E-state index in [2.05, 4.69) is 20.6 Å². The molecule has 1 amide bonds. The molecule has 0 bridgehead atoms. The average molecular weight is 367 g/mol. The highest BCUT2D eigenvalue weighted by molar-refractivity contribution is 5.96. The summed E-state index contributed by atoms with van der Waals surface area (Å²) in [6, 6.07) is 8.52.